The van der Waals surface area contributed by atoms with Gasteiger partial charge in [-0.1, -0.05) is 24.3 Å². The molecule has 0 saturated carbocycles. The van der Waals surface area contributed by atoms with E-state index < -0.39 is 12.0 Å². The number of carbonyl (C=O) groups excluding carboxylic acids is 2. The zero-order valence-electron chi connectivity index (χ0n) is 12.6. The van der Waals surface area contributed by atoms with Gasteiger partial charge in [0, 0.05) is 18.0 Å². The molecule has 1 aromatic carbocycles. The monoisotopic (exact) mass is 309 g/mol. The summed E-state index contributed by atoms with van der Waals surface area (Å²) in [6.45, 7) is 2.03. The number of amides is 2. The molecule has 5 heteroatoms. The fourth-order valence-corrected chi connectivity index (χ4v) is 3.08. The van der Waals surface area contributed by atoms with Crippen LogP contribution < -0.4 is 4.74 Å². The molecule has 2 aliphatic heterocycles. The van der Waals surface area contributed by atoms with Gasteiger partial charge in [-0.3, -0.25) is 4.79 Å². The first kappa shape index (κ1) is 13.8. The number of carbonyl (C=O) groups is 2. The van der Waals surface area contributed by atoms with Crippen LogP contribution >= 0.6 is 0 Å². The van der Waals surface area contributed by atoms with Crippen molar-refractivity contribution in [3.05, 3.63) is 59.4 Å². The number of allylic oxidation sites excluding steroid dienone is 2. The molecule has 1 aliphatic carbocycles. The lowest BCUT2D eigenvalue weighted by atomic mass is 9.91. The molecule has 4 rings (SSSR count). The predicted octanol–water partition coefficient (Wildman–Crippen LogP) is 3.00. The van der Waals surface area contributed by atoms with Gasteiger partial charge in [0.15, 0.2) is 5.76 Å². The van der Waals surface area contributed by atoms with E-state index in [1.54, 1.807) is 13.0 Å². The third-order valence-corrected chi connectivity index (χ3v) is 4.23. The van der Waals surface area contributed by atoms with Gasteiger partial charge in [0.05, 0.1) is 0 Å². The standard InChI is InChI=1S/C18H15NO4/c1-2-19-17(20)16(23-18(19)21)10-11-7-8-15-13(9-11)12-5-3-4-6-14(12)22-15/h3-10,12,14H,2H2,1H3/b16-10+. The smallest absolute Gasteiger partial charge is 0.422 e. The molecule has 1 fully saturated rings. The number of imide groups is 1. The van der Waals surface area contributed by atoms with E-state index in [1.165, 1.54) is 0 Å². The first-order chi connectivity index (χ1) is 11.2. The maximum absolute atomic E-state index is 12.1. The summed E-state index contributed by atoms with van der Waals surface area (Å²) in [5, 5.41) is 0. The number of hydrogen-bond donors (Lipinski definition) is 0. The Balaban J connectivity index is 1.67. The Morgan fingerprint density at radius 3 is 2.83 bits per heavy atom. The molecule has 2 heterocycles. The highest BCUT2D eigenvalue weighted by molar-refractivity contribution is 6.09. The quantitative estimate of drug-likeness (QED) is 0.788. The van der Waals surface area contributed by atoms with Crippen LogP contribution in [0.1, 0.15) is 24.0 Å². The van der Waals surface area contributed by atoms with E-state index in [-0.39, 0.29) is 17.8 Å². The van der Waals surface area contributed by atoms with Crippen molar-refractivity contribution in [1.82, 2.24) is 4.90 Å². The second-order valence-electron chi connectivity index (χ2n) is 5.60. The first-order valence-electron chi connectivity index (χ1n) is 7.58. The van der Waals surface area contributed by atoms with Crippen LogP contribution in [0.2, 0.25) is 0 Å². The number of ether oxygens (including phenoxy) is 2. The van der Waals surface area contributed by atoms with Crippen molar-refractivity contribution in [3.8, 4) is 5.75 Å². The lowest BCUT2D eigenvalue weighted by molar-refractivity contribution is -0.123. The van der Waals surface area contributed by atoms with Gasteiger partial charge in [-0.05, 0) is 36.8 Å². The molecule has 0 bridgehead atoms. The summed E-state index contributed by atoms with van der Waals surface area (Å²) >= 11 is 0. The minimum absolute atomic E-state index is 0.0272. The topological polar surface area (TPSA) is 55.8 Å². The van der Waals surface area contributed by atoms with E-state index in [9.17, 15) is 9.59 Å². The molecule has 3 aliphatic rings. The number of fused-ring (bicyclic) bond motifs is 3. The van der Waals surface area contributed by atoms with E-state index in [2.05, 4.69) is 6.08 Å². The van der Waals surface area contributed by atoms with Crippen LogP contribution in [0.25, 0.3) is 6.08 Å². The molecule has 2 amide bonds. The largest absolute Gasteiger partial charge is 0.485 e. The van der Waals surface area contributed by atoms with Crippen molar-refractivity contribution >= 4 is 18.1 Å². The van der Waals surface area contributed by atoms with Crippen molar-refractivity contribution in [2.45, 2.75) is 18.9 Å². The van der Waals surface area contributed by atoms with Crippen molar-refractivity contribution in [2.75, 3.05) is 6.54 Å². The van der Waals surface area contributed by atoms with Gasteiger partial charge in [-0.25, -0.2) is 9.69 Å². The van der Waals surface area contributed by atoms with E-state index in [0.717, 1.165) is 21.8 Å². The summed E-state index contributed by atoms with van der Waals surface area (Å²) in [5.41, 5.74) is 1.89. The third-order valence-electron chi connectivity index (χ3n) is 4.23. The maximum atomic E-state index is 12.1. The number of hydrogen-bond acceptors (Lipinski definition) is 4. The first-order valence-corrected chi connectivity index (χ1v) is 7.58. The normalized spacial score (nSPS) is 26.3. The van der Waals surface area contributed by atoms with E-state index in [1.807, 2.05) is 36.4 Å². The second-order valence-corrected chi connectivity index (χ2v) is 5.60. The maximum Gasteiger partial charge on any atom is 0.422 e. The van der Waals surface area contributed by atoms with Crippen molar-refractivity contribution in [2.24, 2.45) is 0 Å². The molecule has 2 atom stereocenters. The molecule has 2 unspecified atom stereocenters. The van der Waals surface area contributed by atoms with Gasteiger partial charge >= 0.3 is 6.09 Å². The molecule has 116 valence electrons. The molecule has 1 aromatic rings. The van der Waals surface area contributed by atoms with Crippen LogP contribution in [-0.4, -0.2) is 29.5 Å². The minimum atomic E-state index is -0.617. The highest BCUT2D eigenvalue weighted by Gasteiger charge is 2.36. The molecule has 0 radical (unpaired) electrons. The van der Waals surface area contributed by atoms with Crippen LogP contribution in [0, 0.1) is 0 Å². The van der Waals surface area contributed by atoms with Crippen molar-refractivity contribution < 1.29 is 19.1 Å². The average molecular weight is 309 g/mol. The van der Waals surface area contributed by atoms with Gasteiger partial charge < -0.3 is 9.47 Å². The molecule has 5 nitrogen and oxygen atoms in total. The van der Waals surface area contributed by atoms with Gasteiger partial charge in [0.1, 0.15) is 11.9 Å². The summed E-state index contributed by atoms with van der Waals surface area (Å²) in [5.74, 6) is 0.699. The Morgan fingerprint density at radius 1 is 1.22 bits per heavy atom. The Morgan fingerprint density at radius 2 is 2.04 bits per heavy atom. The highest BCUT2D eigenvalue weighted by Crippen LogP contribution is 2.41. The van der Waals surface area contributed by atoms with Gasteiger partial charge in [0.2, 0.25) is 0 Å². The fourth-order valence-electron chi connectivity index (χ4n) is 3.08. The van der Waals surface area contributed by atoms with Gasteiger partial charge in [-0.15, -0.1) is 0 Å². The lowest BCUT2D eigenvalue weighted by Gasteiger charge is -2.14. The lowest BCUT2D eigenvalue weighted by Crippen LogP contribution is -2.28. The summed E-state index contributed by atoms with van der Waals surface area (Å²) < 4.78 is 10.9. The number of cyclic esters (lactones) is 1. The molecule has 23 heavy (non-hydrogen) atoms. The van der Waals surface area contributed by atoms with Crippen LogP contribution in [0.15, 0.2) is 48.3 Å². The fraction of sp³-hybridized carbons (Fsp3) is 0.222. The van der Waals surface area contributed by atoms with Crippen LogP contribution in [-0.2, 0) is 9.53 Å². The minimum Gasteiger partial charge on any atom is -0.485 e. The SMILES string of the molecule is CCN1C(=O)O/C(=C/c2ccc3c(c2)C2C=CC=CC2O3)C1=O. The van der Waals surface area contributed by atoms with Crippen molar-refractivity contribution in [3.63, 3.8) is 0 Å². The van der Waals surface area contributed by atoms with Crippen LogP contribution in [0.4, 0.5) is 4.79 Å². The van der Waals surface area contributed by atoms with Crippen LogP contribution in [0.3, 0.4) is 0 Å². The molecular weight excluding hydrogens is 294 g/mol. The summed E-state index contributed by atoms with van der Waals surface area (Å²) in [7, 11) is 0. The summed E-state index contributed by atoms with van der Waals surface area (Å²) in [6.07, 6.45) is 9.13. The van der Waals surface area contributed by atoms with E-state index >= 15 is 0 Å². The zero-order chi connectivity index (χ0) is 16.0. The molecular formula is C18H15NO4. The van der Waals surface area contributed by atoms with E-state index in [4.69, 9.17) is 9.47 Å². The zero-order valence-corrected chi connectivity index (χ0v) is 12.6. The van der Waals surface area contributed by atoms with Crippen LogP contribution in [0.5, 0.6) is 5.75 Å². The second kappa shape index (κ2) is 5.12. The Labute approximate surface area is 133 Å². The summed E-state index contributed by atoms with van der Waals surface area (Å²) in [6, 6.07) is 5.72. The third kappa shape index (κ3) is 2.16. The number of nitrogens with zero attached hydrogens (tertiary/aromatic N) is 1. The Kier molecular flexibility index (Phi) is 3.08. The number of likely N-dealkylation sites (N-methyl/N-ethyl adjacent to an activating group) is 1. The van der Waals surface area contributed by atoms with E-state index in [0.29, 0.717) is 6.54 Å². The predicted molar refractivity (Wildman–Crippen MR) is 83.7 cm³/mol. The van der Waals surface area contributed by atoms with Gasteiger partial charge in [-0.2, -0.15) is 0 Å². The van der Waals surface area contributed by atoms with Gasteiger partial charge in [0.25, 0.3) is 5.91 Å². The molecule has 1 saturated heterocycles. The molecule has 0 N–H and O–H groups in total. The summed E-state index contributed by atoms with van der Waals surface area (Å²) in [4.78, 5) is 24.8. The highest BCUT2D eigenvalue weighted by atomic mass is 16.6. The molecule has 0 spiro atoms. The number of benzene rings is 1. The Bertz CT molecular complexity index is 790. The average Bonchev–Trinajstić information content (AvgIpc) is 3.05. The Hall–Kier alpha value is -2.82. The number of rotatable bonds is 2. The van der Waals surface area contributed by atoms with Crippen molar-refractivity contribution in [1.29, 1.82) is 0 Å². The molecule has 0 aromatic heterocycles.